The molecule has 0 amide bonds. The van der Waals surface area contributed by atoms with Gasteiger partial charge in [0.2, 0.25) is 0 Å². The van der Waals surface area contributed by atoms with E-state index in [2.05, 4.69) is 42.3 Å². The summed E-state index contributed by atoms with van der Waals surface area (Å²) in [6.07, 6.45) is 1.78. The van der Waals surface area contributed by atoms with Gasteiger partial charge in [-0.05, 0) is 63.5 Å². The molecule has 3 nitrogen and oxygen atoms in total. The maximum Gasteiger partial charge on any atom is 0.137 e. The Morgan fingerprint density at radius 1 is 1.37 bits per heavy atom. The standard InChI is InChI=1S/C13H14Br2FN3/c1-3-19-13(10(15)7-18-19)12(17-2)8-4-5-11(16)9(14)6-8/h4-7,12,17H,3H2,1-2H3. The molecule has 0 saturated carbocycles. The molecule has 0 aliphatic rings. The Labute approximate surface area is 128 Å². The fourth-order valence-corrected chi connectivity index (χ4v) is 2.99. The van der Waals surface area contributed by atoms with Gasteiger partial charge in [0.1, 0.15) is 5.82 Å². The van der Waals surface area contributed by atoms with E-state index >= 15 is 0 Å². The first-order chi connectivity index (χ1) is 9.08. The maximum atomic E-state index is 13.3. The van der Waals surface area contributed by atoms with E-state index < -0.39 is 0 Å². The van der Waals surface area contributed by atoms with Crippen molar-refractivity contribution in [2.45, 2.75) is 19.5 Å². The molecule has 1 aromatic carbocycles. The highest BCUT2D eigenvalue weighted by Gasteiger charge is 2.20. The molecule has 19 heavy (non-hydrogen) atoms. The van der Waals surface area contributed by atoms with Crippen LogP contribution in [0.3, 0.4) is 0 Å². The molecular weight excluding hydrogens is 377 g/mol. The first kappa shape index (κ1) is 14.7. The van der Waals surface area contributed by atoms with Crippen LogP contribution < -0.4 is 5.32 Å². The molecule has 0 aliphatic carbocycles. The van der Waals surface area contributed by atoms with Crippen LogP contribution in [0.2, 0.25) is 0 Å². The predicted molar refractivity (Wildman–Crippen MR) is 80.6 cm³/mol. The van der Waals surface area contributed by atoms with Crippen LogP contribution in [0.5, 0.6) is 0 Å². The van der Waals surface area contributed by atoms with E-state index in [1.165, 1.54) is 6.07 Å². The van der Waals surface area contributed by atoms with Crippen molar-refractivity contribution < 1.29 is 4.39 Å². The minimum atomic E-state index is -0.262. The normalized spacial score (nSPS) is 12.7. The van der Waals surface area contributed by atoms with Gasteiger partial charge < -0.3 is 5.32 Å². The number of benzene rings is 1. The zero-order chi connectivity index (χ0) is 14.0. The average molecular weight is 391 g/mol. The van der Waals surface area contributed by atoms with Gasteiger partial charge in [-0.1, -0.05) is 6.07 Å². The fraction of sp³-hybridized carbons (Fsp3) is 0.308. The minimum Gasteiger partial charge on any atom is -0.308 e. The second-order valence-corrected chi connectivity index (χ2v) is 5.80. The van der Waals surface area contributed by atoms with E-state index in [0.29, 0.717) is 4.47 Å². The van der Waals surface area contributed by atoms with Crippen LogP contribution >= 0.6 is 31.9 Å². The summed E-state index contributed by atoms with van der Waals surface area (Å²) >= 11 is 6.74. The van der Waals surface area contributed by atoms with Crippen molar-refractivity contribution in [3.8, 4) is 0 Å². The molecule has 0 saturated heterocycles. The molecule has 0 aliphatic heterocycles. The van der Waals surface area contributed by atoms with E-state index in [0.717, 1.165) is 22.3 Å². The molecule has 0 radical (unpaired) electrons. The van der Waals surface area contributed by atoms with Gasteiger partial charge in [-0.3, -0.25) is 4.68 Å². The number of halogens is 3. The van der Waals surface area contributed by atoms with Gasteiger partial charge in [0.05, 0.1) is 26.9 Å². The smallest absolute Gasteiger partial charge is 0.137 e. The molecule has 1 aromatic heterocycles. The third-order valence-corrected chi connectivity index (χ3v) is 4.19. The second kappa shape index (κ2) is 6.15. The first-order valence-electron chi connectivity index (χ1n) is 5.91. The lowest BCUT2D eigenvalue weighted by Gasteiger charge is -2.19. The zero-order valence-electron chi connectivity index (χ0n) is 10.6. The number of aromatic nitrogens is 2. The number of hydrogen-bond donors (Lipinski definition) is 1. The summed E-state index contributed by atoms with van der Waals surface area (Å²) in [7, 11) is 1.88. The van der Waals surface area contributed by atoms with E-state index in [-0.39, 0.29) is 11.9 Å². The highest BCUT2D eigenvalue weighted by Crippen LogP contribution is 2.30. The number of aryl methyl sites for hydroxylation is 1. The maximum absolute atomic E-state index is 13.3. The van der Waals surface area contributed by atoms with Crippen LogP contribution in [0.15, 0.2) is 33.3 Å². The van der Waals surface area contributed by atoms with Gasteiger partial charge in [0, 0.05) is 6.54 Å². The predicted octanol–water partition coefficient (Wildman–Crippen LogP) is 3.88. The largest absolute Gasteiger partial charge is 0.308 e. The van der Waals surface area contributed by atoms with E-state index in [4.69, 9.17) is 0 Å². The van der Waals surface area contributed by atoms with Crippen molar-refractivity contribution in [2.75, 3.05) is 7.05 Å². The van der Waals surface area contributed by atoms with Crippen LogP contribution in [-0.4, -0.2) is 16.8 Å². The first-order valence-corrected chi connectivity index (χ1v) is 7.50. The number of hydrogen-bond acceptors (Lipinski definition) is 2. The van der Waals surface area contributed by atoms with Crippen LogP contribution in [0.4, 0.5) is 4.39 Å². The summed E-state index contributed by atoms with van der Waals surface area (Å²) in [4.78, 5) is 0. The SMILES string of the molecule is CCn1ncc(Br)c1C(NC)c1ccc(F)c(Br)c1. The molecule has 6 heteroatoms. The van der Waals surface area contributed by atoms with Crippen LogP contribution in [0, 0.1) is 5.82 Å². The molecular formula is C13H14Br2FN3. The summed E-state index contributed by atoms with van der Waals surface area (Å²) in [6, 6.07) is 4.98. The summed E-state index contributed by atoms with van der Waals surface area (Å²) in [5.41, 5.74) is 2.01. The van der Waals surface area contributed by atoms with Crippen molar-refractivity contribution in [1.82, 2.24) is 15.1 Å². The molecule has 102 valence electrons. The van der Waals surface area contributed by atoms with Crippen molar-refractivity contribution >= 4 is 31.9 Å². The summed E-state index contributed by atoms with van der Waals surface area (Å²) < 4.78 is 16.7. The third-order valence-electron chi connectivity index (χ3n) is 2.97. The summed E-state index contributed by atoms with van der Waals surface area (Å²) in [6.45, 7) is 2.82. The Morgan fingerprint density at radius 3 is 2.68 bits per heavy atom. The highest BCUT2D eigenvalue weighted by atomic mass is 79.9. The Kier molecular flexibility index (Phi) is 4.76. The lowest BCUT2D eigenvalue weighted by Crippen LogP contribution is -2.22. The molecule has 0 spiro atoms. The summed E-state index contributed by atoms with van der Waals surface area (Å²) in [5, 5.41) is 7.56. The highest BCUT2D eigenvalue weighted by molar-refractivity contribution is 9.10. The van der Waals surface area contributed by atoms with Gasteiger partial charge in [0.25, 0.3) is 0 Å². The van der Waals surface area contributed by atoms with Crippen LogP contribution in [0.25, 0.3) is 0 Å². The lowest BCUT2D eigenvalue weighted by molar-refractivity contribution is 0.559. The van der Waals surface area contributed by atoms with Crippen molar-refractivity contribution in [3.63, 3.8) is 0 Å². The number of nitrogens with zero attached hydrogens (tertiary/aromatic N) is 2. The zero-order valence-corrected chi connectivity index (χ0v) is 13.8. The van der Waals surface area contributed by atoms with Crippen LogP contribution in [0.1, 0.15) is 24.2 Å². The van der Waals surface area contributed by atoms with Crippen molar-refractivity contribution in [1.29, 1.82) is 0 Å². The average Bonchev–Trinajstić information content (AvgIpc) is 2.76. The molecule has 1 atom stereocenters. The fourth-order valence-electron chi connectivity index (χ4n) is 2.06. The second-order valence-electron chi connectivity index (χ2n) is 4.09. The van der Waals surface area contributed by atoms with E-state index in [1.807, 2.05) is 18.7 Å². The molecule has 2 aromatic rings. The van der Waals surface area contributed by atoms with Gasteiger partial charge >= 0.3 is 0 Å². The Bertz CT molecular complexity index is 583. The van der Waals surface area contributed by atoms with E-state index in [1.54, 1.807) is 18.3 Å². The number of rotatable bonds is 4. The van der Waals surface area contributed by atoms with Gasteiger partial charge in [-0.2, -0.15) is 5.10 Å². The Hall–Kier alpha value is -0.720. The minimum absolute atomic E-state index is 0.0475. The summed E-state index contributed by atoms with van der Waals surface area (Å²) in [5.74, 6) is -0.262. The topological polar surface area (TPSA) is 29.9 Å². The van der Waals surface area contributed by atoms with Crippen molar-refractivity contribution in [3.05, 3.63) is 50.4 Å². The van der Waals surface area contributed by atoms with Gasteiger partial charge in [0.15, 0.2) is 0 Å². The lowest BCUT2D eigenvalue weighted by atomic mass is 10.0. The quantitative estimate of drug-likeness (QED) is 0.858. The molecule has 1 N–H and O–H groups in total. The Balaban J connectivity index is 2.49. The molecule has 0 bridgehead atoms. The number of nitrogens with one attached hydrogen (secondary N) is 1. The molecule has 2 rings (SSSR count). The molecule has 0 fully saturated rings. The van der Waals surface area contributed by atoms with Gasteiger partial charge in [-0.25, -0.2) is 4.39 Å². The van der Waals surface area contributed by atoms with E-state index in [9.17, 15) is 4.39 Å². The monoisotopic (exact) mass is 389 g/mol. The molecule has 1 unspecified atom stereocenters. The van der Waals surface area contributed by atoms with Crippen LogP contribution in [-0.2, 0) is 6.54 Å². The van der Waals surface area contributed by atoms with Crippen molar-refractivity contribution in [2.24, 2.45) is 0 Å². The third kappa shape index (κ3) is 2.90. The van der Waals surface area contributed by atoms with Gasteiger partial charge in [-0.15, -0.1) is 0 Å². The molecule has 1 heterocycles. The Morgan fingerprint density at radius 2 is 2.11 bits per heavy atom.